The number of hydrogen-bond donors (Lipinski definition) is 1. The lowest BCUT2D eigenvalue weighted by atomic mass is 10.3. The first-order valence-corrected chi connectivity index (χ1v) is 6.34. The molecule has 0 spiro atoms. The van der Waals surface area contributed by atoms with Crippen molar-refractivity contribution in [1.29, 1.82) is 0 Å². The Morgan fingerprint density at radius 1 is 1.53 bits per heavy atom. The van der Waals surface area contributed by atoms with E-state index in [0.717, 1.165) is 5.01 Å². The molecule has 5 nitrogen and oxygen atoms in total. The summed E-state index contributed by atoms with van der Waals surface area (Å²) in [6.45, 7) is 2.57. The Balaban J connectivity index is 2.20. The van der Waals surface area contributed by atoms with Crippen LogP contribution in [0.4, 0.5) is 0 Å². The van der Waals surface area contributed by atoms with Crippen molar-refractivity contribution in [2.45, 2.75) is 26.3 Å². The molecular weight excluding hydrogens is 238 g/mol. The molecule has 0 aliphatic rings. The number of nitrogens with one attached hydrogen (secondary N) is 1. The van der Waals surface area contributed by atoms with Gasteiger partial charge in [0.05, 0.1) is 6.54 Å². The van der Waals surface area contributed by atoms with E-state index in [9.17, 15) is 9.59 Å². The molecular formula is C11H17N3O2S. The van der Waals surface area contributed by atoms with Crippen molar-refractivity contribution >= 4 is 23.2 Å². The van der Waals surface area contributed by atoms with E-state index in [0.29, 0.717) is 25.9 Å². The smallest absolute Gasteiger partial charge is 0.222 e. The molecule has 0 saturated carbocycles. The van der Waals surface area contributed by atoms with E-state index in [1.165, 1.54) is 18.3 Å². The number of rotatable bonds is 6. The zero-order valence-electron chi connectivity index (χ0n) is 10.1. The molecule has 0 aliphatic carbocycles. The van der Waals surface area contributed by atoms with Crippen molar-refractivity contribution in [2.75, 3.05) is 13.6 Å². The number of carbonyl (C=O) groups excluding carboxylic acids is 2. The standard InChI is InChI=1S/C11H17N3O2S/c1-9(15)12-5-3-4-11(16)14(2)8-10-13-6-7-17-10/h6-7H,3-5,8H2,1-2H3,(H,12,15). The van der Waals surface area contributed by atoms with Crippen molar-refractivity contribution in [3.63, 3.8) is 0 Å². The average molecular weight is 255 g/mol. The molecule has 1 rings (SSSR count). The normalized spacial score (nSPS) is 10.0. The van der Waals surface area contributed by atoms with Gasteiger partial charge in [-0.05, 0) is 6.42 Å². The highest BCUT2D eigenvalue weighted by molar-refractivity contribution is 7.09. The third kappa shape index (κ3) is 5.44. The van der Waals surface area contributed by atoms with Crippen molar-refractivity contribution < 1.29 is 9.59 Å². The Kier molecular flexibility index (Phi) is 5.62. The average Bonchev–Trinajstić information content (AvgIpc) is 2.76. The molecule has 1 aromatic rings. The van der Waals surface area contributed by atoms with Crippen LogP contribution in [0, 0.1) is 0 Å². The molecule has 0 atom stereocenters. The summed E-state index contributed by atoms with van der Waals surface area (Å²) in [6, 6.07) is 0. The van der Waals surface area contributed by atoms with E-state index >= 15 is 0 Å². The molecule has 0 bridgehead atoms. The highest BCUT2D eigenvalue weighted by atomic mass is 32.1. The second-order valence-corrected chi connectivity index (χ2v) is 4.74. The molecule has 0 radical (unpaired) electrons. The minimum atomic E-state index is -0.0615. The van der Waals surface area contributed by atoms with Gasteiger partial charge in [0.1, 0.15) is 5.01 Å². The number of aromatic nitrogens is 1. The summed E-state index contributed by atoms with van der Waals surface area (Å²) in [5.41, 5.74) is 0. The third-order valence-electron chi connectivity index (χ3n) is 2.22. The Morgan fingerprint density at radius 3 is 2.88 bits per heavy atom. The lowest BCUT2D eigenvalue weighted by molar-refractivity contribution is -0.130. The number of amides is 2. The van der Waals surface area contributed by atoms with Gasteiger partial charge in [-0.15, -0.1) is 11.3 Å². The molecule has 2 amide bonds. The second-order valence-electron chi connectivity index (χ2n) is 3.76. The summed E-state index contributed by atoms with van der Waals surface area (Å²) in [7, 11) is 1.77. The van der Waals surface area contributed by atoms with Crippen LogP contribution >= 0.6 is 11.3 Å². The summed E-state index contributed by atoms with van der Waals surface area (Å²) >= 11 is 1.54. The van der Waals surface area contributed by atoms with Crippen LogP contribution in [-0.2, 0) is 16.1 Å². The van der Waals surface area contributed by atoms with Crippen LogP contribution in [-0.4, -0.2) is 35.3 Å². The number of hydrogen-bond acceptors (Lipinski definition) is 4. The van der Waals surface area contributed by atoms with E-state index in [1.54, 1.807) is 18.1 Å². The molecule has 0 saturated heterocycles. The van der Waals surface area contributed by atoms with Gasteiger partial charge < -0.3 is 10.2 Å². The number of carbonyl (C=O) groups is 2. The van der Waals surface area contributed by atoms with Gasteiger partial charge in [0.15, 0.2) is 0 Å². The van der Waals surface area contributed by atoms with Gasteiger partial charge in [-0.25, -0.2) is 4.98 Å². The van der Waals surface area contributed by atoms with Crippen LogP contribution in [0.2, 0.25) is 0 Å². The Hall–Kier alpha value is -1.43. The molecule has 6 heteroatoms. The Morgan fingerprint density at radius 2 is 2.29 bits per heavy atom. The fourth-order valence-corrected chi connectivity index (χ4v) is 1.99. The Bertz CT molecular complexity index is 365. The molecule has 0 unspecified atom stereocenters. The van der Waals surface area contributed by atoms with E-state index in [1.807, 2.05) is 5.38 Å². The van der Waals surface area contributed by atoms with Crippen molar-refractivity contribution in [2.24, 2.45) is 0 Å². The quantitative estimate of drug-likeness (QED) is 0.772. The molecule has 0 fully saturated rings. The van der Waals surface area contributed by atoms with Gasteiger partial charge in [0.25, 0.3) is 0 Å². The number of nitrogens with zero attached hydrogens (tertiary/aromatic N) is 2. The van der Waals surface area contributed by atoms with E-state index in [-0.39, 0.29) is 11.8 Å². The first-order chi connectivity index (χ1) is 8.09. The first kappa shape index (κ1) is 13.6. The lowest BCUT2D eigenvalue weighted by Gasteiger charge is -2.15. The van der Waals surface area contributed by atoms with E-state index in [2.05, 4.69) is 10.3 Å². The monoisotopic (exact) mass is 255 g/mol. The van der Waals surface area contributed by atoms with Crippen LogP contribution < -0.4 is 5.32 Å². The largest absolute Gasteiger partial charge is 0.356 e. The molecule has 94 valence electrons. The molecule has 1 aromatic heterocycles. The first-order valence-electron chi connectivity index (χ1n) is 5.46. The fraction of sp³-hybridized carbons (Fsp3) is 0.545. The highest BCUT2D eigenvalue weighted by Crippen LogP contribution is 2.08. The van der Waals surface area contributed by atoms with Crippen LogP contribution in [0.15, 0.2) is 11.6 Å². The van der Waals surface area contributed by atoms with Crippen LogP contribution in [0.25, 0.3) is 0 Å². The van der Waals surface area contributed by atoms with Crippen molar-refractivity contribution in [3.8, 4) is 0 Å². The summed E-state index contributed by atoms with van der Waals surface area (Å²) in [5.74, 6) is 0.0131. The summed E-state index contributed by atoms with van der Waals surface area (Å²) in [6.07, 6.45) is 2.85. The van der Waals surface area contributed by atoms with Gasteiger partial charge >= 0.3 is 0 Å². The van der Waals surface area contributed by atoms with Gasteiger partial charge in [0, 0.05) is 38.5 Å². The maximum Gasteiger partial charge on any atom is 0.222 e. The van der Waals surface area contributed by atoms with Gasteiger partial charge in [-0.2, -0.15) is 0 Å². The highest BCUT2D eigenvalue weighted by Gasteiger charge is 2.09. The summed E-state index contributed by atoms with van der Waals surface area (Å²) in [4.78, 5) is 28.1. The predicted octanol–water partition coefficient (Wildman–Crippen LogP) is 1.02. The van der Waals surface area contributed by atoms with Crippen LogP contribution in [0.3, 0.4) is 0 Å². The topological polar surface area (TPSA) is 62.3 Å². The number of thiazole rings is 1. The minimum absolute atomic E-state index is 0.0615. The van der Waals surface area contributed by atoms with Crippen LogP contribution in [0.1, 0.15) is 24.8 Å². The van der Waals surface area contributed by atoms with Gasteiger partial charge in [0.2, 0.25) is 11.8 Å². The minimum Gasteiger partial charge on any atom is -0.356 e. The van der Waals surface area contributed by atoms with E-state index in [4.69, 9.17) is 0 Å². The summed E-state index contributed by atoms with van der Waals surface area (Å²) in [5, 5.41) is 5.49. The zero-order chi connectivity index (χ0) is 12.7. The van der Waals surface area contributed by atoms with Crippen molar-refractivity contribution in [3.05, 3.63) is 16.6 Å². The Labute approximate surface area is 105 Å². The second kappa shape index (κ2) is 7.01. The zero-order valence-corrected chi connectivity index (χ0v) is 10.9. The fourth-order valence-electron chi connectivity index (χ4n) is 1.32. The molecule has 0 aliphatic heterocycles. The van der Waals surface area contributed by atoms with Crippen LogP contribution in [0.5, 0.6) is 0 Å². The summed E-state index contributed by atoms with van der Waals surface area (Å²) < 4.78 is 0. The lowest BCUT2D eigenvalue weighted by Crippen LogP contribution is -2.27. The van der Waals surface area contributed by atoms with E-state index < -0.39 is 0 Å². The maximum absolute atomic E-state index is 11.7. The third-order valence-corrected chi connectivity index (χ3v) is 2.99. The molecule has 1 heterocycles. The molecule has 0 aromatic carbocycles. The van der Waals surface area contributed by atoms with Gasteiger partial charge in [-0.3, -0.25) is 9.59 Å². The van der Waals surface area contributed by atoms with Crippen molar-refractivity contribution in [1.82, 2.24) is 15.2 Å². The SMILES string of the molecule is CC(=O)NCCCC(=O)N(C)Cc1nccs1. The van der Waals surface area contributed by atoms with Gasteiger partial charge in [-0.1, -0.05) is 0 Å². The maximum atomic E-state index is 11.7. The molecule has 1 N–H and O–H groups in total. The predicted molar refractivity (Wildman–Crippen MR) is 66.5 cm³/mol. The molecule has 17 heavy (non-hydrogen) atoms.